The third-order valence-electron chi connectivity index (χ3n) is 2.40. The number of aromatic nitrogens is 1. The number of hydrogen-bond donors (Lipinski definition) is 1. The van der Waals surface area contributed by atoms with Crippen LogP contribution >= 0.6 is 0 Å². The highest BCUT2D eigenvalue weighted by atomic mass is 16.5. The van der Waals surface area contributed by atoms with E-state index < -0.39 is 0 Å². The molecule has 0 bridgehead atoms. The summed E-state index contributed by atoms with van der Waals surface area (Å²) in [5.74, 6) is 0.357. The van der Waals surface area contributed by atoms with Crippen LogP contribution in [0.2, 0.25) is 0 Å². The molecule has 0 saturated carbocycles. The Bertz CT molecular complexity index is 605. The number of nitrogens with one attached hydrogen (secondary N) is 1. The van der Waals surface area contributed by atoms with Crippen LogP contribution < -0.4 is 10.1 Å². The van der Waals surface area contributed by atoms with Gasteiger partial charge in [-0.25, -0.2) is 0 Å². The molecule has 1 aliphatic rings. The minimum Gasteiger partial charge on any atom is -0.461 e. The number of carbonyl (C=O) groups is 1. The van der Waals surface area contributed by atoms with Gasteiger partial charge in [0.15, 0.2) is 5.75 Å². The fraction of sp³-hybridized carbons (Fsp3) is 0. The molecule has 2 aromatic rings. The number of pyridine rings is 1. The number of benzene rings is 1. The quantitative estimate of drug-likeness (QED) is 0.727. The van der Waals surface area contributed by atoms with Crippen LogP contribution in [0.15, 0.2) is 42.8 Å². The van der Waals surface area contributed by atoms with Crippen molar-refractivity contribution in [3.05, 3.63) is 42.8 Å². The second kappa shape index (κ2) is 3.34. The Kier molecular flexibility index (Phi) is 1.86. The lowest BCUT2D eigenvalue weighted by molar-refractivity contribution is -0.111. The molecule has 16 heavy (non-hydrogen) atoms. The van der Waals surface area contributed by atoms with E-state index in [-0.39, 0.29) is 5.91 Å². The second-order valence-corrected chi connectivity index (χ2v) is 3.42. The summed E-state index contributed by atoms with van der Waals surface area (Å²) in [7, 11) is 0. The van der Waals surface area contributed by atoms with Crippen molar-refractivity contribution in [2.75, 3.05) is 5.32 Å². The summed E-state index contributed by atoms with van der Waals surface area (Å²) in [5, 5.41) is 3.65. The van der Waals surface area contributed by atoms with Crippen LogP contribution in [0.25, 0.3) is 10.9 Å². The molecule has 0 atom stereocenters. The van der Waals surface area contributed by atoms with Crippen LogP contribution in [0.1, 0.15) is 0 Å². The zero-order valence-electron chi connectivity index (χ0n) is 8.31. The van der Waals surface area contributed by atoms with E-state index in [1.807, 2.05) is 24.3 Å². The molecule has 0 radical (unpaired) electrons. The summed E-state index contributed by atoms with van der Waals surface area (Å²) in [5.41, 5.74) is 1.49. The van der Waals surface area contributed by atoms with Crippen molar-refractivity contribution in [3.63, 3.8) is 0 Å². The number of fused-ring (bicyclic) bond motifs is 3. The van der Waals surface area contributed by atoms with E-state index in [1.165, 1.54) is 12.3 Å². The SMILES string of the molecule is O=C1C=COc2cnc3ccccc3c2N1. The van der Waals surface area contributed by atoms with Gasteiger partial charge in [0.05, 0.1) is 23.7 Å². The summed E-state index contributed by atoms with van der Waals surface area (Å²) in [6.07, 6.45) is 4.31. The number of rotatable bonds is 0. The molecule has 78 valence electrons. The van der Waals surface area contributed by atoms with E-state index >= 15 is 0 Å². The Morgan fingerprint density at radius 1 is 1.25 bits per heavy atom. The van der Waals surface area contributed by atoms with E-state index in [9.17, 15) is 4.79 Å². The average Bonchev–Trinajstić information content (AvgIpc) is 2.50. The molecular formula is C12H8N2O2. The zero-order valence-corrected chi connectivity index (χ0v) is 8.31. The van der Waals surface area contributed by atoms with Crippen molar-refractivity contribution in [1.82, 2.24) is 4.98 Å². The molecule has 0 unspecified atom stereocenters. The smallest absolute Gasteiger partial charge is 0.251 e. The van der Waals surface area contributed by atoms with Crippen LogP contribution in [-0.2, 0) is 4.79 Å². The molecule has 2 heterocycles. The fourth-order valence-electron chi connectivity index (χ4n) is 1.68. The van der Waals surface area contributed by atoms with E-state index in [0.717, 1.165) is 10.9 Å². The Balaban J connectivity index is 2.30. The van der Waals surface area contributed by atoms with Gasteiger partial charge in [0.25, 0.3) is 5.91 Å². The van der Waals surface area contributed by atoms with E-state index in [2.05, 4.69) is 10.3 Å². The maximum absolute atomic E-state index is 11.4. The third-order valence-corrected chi connectivity index (χ3v) is 2.40. The van der Waals surface area contributed by atoms with Gasteiger partial charge >= 0.3 is 0 Å². The van der Waals surface area contributed by atoms with Gasteiger partial charge in [0.2, 0.25) is 0 Å². The molecule has 1 aromatic carbocycles. The maximum Gasteiger partial charge on any atom is 0.251 e. The molecule has 4 heteroatoms. The largest absolute Gasteiger partial charge is 0.461 e. The molecule has 4 nitrogen and oxygen atoms in total. The maximum atomic E-state index is 11.4. The van der Waals surface area contributed by atoms with Crippen molar-refractivity contribution in [1.29, 1.82) is 0 Å². The first-order valence-corrected chi connectivity index (χ1v) is 4.86. The number of para-hydroxylation sites is 1. The van der Waals surface area contributed by atoms with E-state index in [1.54, 1.807) is 6.20 Å². The Morgan fingerprint density at radius 3 is 3.06 bits per heavy atom. The predicted molar refractivity (Wildman–Crippen MR) is 60.1 cm³/mol. The molecular weight excluding hydrogens is 204 g/mol. The Labute approximate surface area is 91.6 Å². The summed E-state index contributed by atoms with van der Waals surface area (Å²) in [6.45, 7) is 0. The molecule has 1 amide bonds. The van der Waals surface area contributed by atoms with Crippen molar-refractivity contribution >= 4 is 22.5 Å². The van der Waals surface area contributed by atoms with E-state index in [4.69, 9.17) is 4.74 Å². The molecule has 0 aliphatic carbocycles. The van der Waals surface area contributed by atoms with Crippen molar-refractivity contribution < 1.29 is 9.53 Å². The Hall–Kier alpha value is -2.36. The van der Waals surface area contributed by atoms with Crippen LogP contribution in [0.4, 0.5) is 5.69 Å². The molecule has 1 aliphatic heterocycles. The normalized spacial score (nSPS) is 13.9. The highest BCUT2D eigenvalue weighted by molar-refractivity contribution is 6.07. The van der Waals surface area contributed by atoms with Crippen molar-refractivity contribution in [3.8, 4) is 5.75 Å². The standard InChI is InChI=1S/C12H8N2O2/c15-11-5-6-16-10-7-13-9-4-2-1-3-8(9)12(10)14-11/h1-7H,(H,14,15). The monoisotopic (exact) mass is 212 g/mol. The summed E-state index contributed by atoms with van der Waals surface area (Å²) in [6, 6.07) is 7.59. The zero-order chi connectivity index (χ0) is 11.0. The van der Waals surface area contributed by atoms with E-state index in [0.29, 0.717) is 11.4 Å². The van der Waals surface area contributed by atoms with Gasteiger partial charge in [-0.3, -0.25) is 9.78 Å². The number of ether oxygens (including phenoxy) is 1. The minimum atomic E-state index is -0.199. The third kappa shape index (κ3) is 1.32. The molecule has 0 fully saturated rings. The summed E-state index contributed by atoms with van der Waals surface area (Å²) >= 11 is 0. The van der Waals surface area contributed by atoms with Gasteiger partial charge in [-0.1, -0.05) is 18.2 Å². The van der Waals surface area contributed by atoms with Gasteiger partial charge in [0, 0.05) is 11.5 Å². The topological polar surface area (TPSA) is 51.2 Å². The molecule has 0 saturated heterocycles. The number of carbonyl (C=O) groups excluding carboxylic acids is 1. The van der Waals surface area contributed by atoms with Crippen LogP contribution in [0.5, 0.6) is 5.75 Å². The van der Waals surface area contributed by atoms with Gasteiger partial charge in [-0.05, 0) is 6.07 Å². The van der Waals surface area contributed by atoms with Crippen molar-refractivity contribution in [2.45, 2.75) is 0 Å². The fourth-order valence-corrected chi connectivity index (χ4v) is 1.68. The molecule has 0 spiro atoms. The predicted octanol–water partition coefficient (Wildman–Crippen LogP) is 2.08. The average molecular weight is 212 g/mol. The number of hydrogen-bond acceptors (Lipinski definition) is 3. The minimum absolute atomic E-state index is 0.199. The number of nitrogens with zero attached hydrogens (tertiary/aromatic N) is 1. The highest BCUT2D eigenvalue weighted by Gasteiger charge is 2.13. The first kappa shape index (κ1) is 8.91. The number of anilines is 1. The Morgan fingerprint density at radius 2 is 2.12 bits per heavy atom. The summed E-state index contributed by atoms with van der Waals surface area (Å²) in [4.78, 5) is 15.6. The second-order valence-electron chi connectivity index (χ2n) is 3.42. The van der Waals surface area contributed by atoms with Gasteiger partial charge in [-0.2, -0.15) is 0 Å². The van der Waals surface area contributed by atoms with Gasteiger partial charge in [-0.15, -0.1) is 0 Å². The molecule has 3 rings (SSSR count). The van der Waals surface area contributed by atoms with Crippen LogP contribution in [0.3, 0.4) is 0 Å². The van der Waals surface area contributed by atoms with Gasteiger partial charge in [0.1, 0.15) is 0 Å². The number of amides is 1. The molecule has 1 N–H and O–H groups in total. The lowest BCUT2D eigenvalue weighted by Crippen LogP contribution is -2.07. The summed E-state index contributed by atoms with van der Waals surface area (Å²) < 4.78 is 5.30. The highest BCUT2D eigenvalue weighted by Crippen LogP contribution is 2.32. The van der Waals surface area contributed by atoms with Crippen molar-refractivity contribution in [2.24, 2.45) is 0 Å². The van der Waals surface area contributed by atoms with Crippen LogP contribution in [-0.4, -0.2) is 10.9 Å². The lowest BCUT2D eigenvalue weighted by Gasteiger charge is -2.08. The first-order chi connectivity index (χ1) is 7.84. The van der Waals surface area contributed by atoms with Gasteiger partial charge < -0.3 is 10.1 Å². The first-order valence-electron chi connectivity index (χ1n) is 4.86. The van der Waals surface area contributed by atoms with Crippen LogP contribution in [0, 0.1) is 0 Å². The molecule has 1 aromatic heterocycles. The lowest BCUT2D eigenvalue weighted by atomic mass is 10.2.